The number of benzene rings is 1. The molecule has 8 heteroatoms. The van der Waals surface area contributed by atoms with E-state index in [0.717, 1.165) is 0 Å². The number of nitrogens with one attached hydrogen (secondary N) is 2. The van der Waals surface area contributed by atoms with Crippen LogP contribution in [0.4, 0.5) is 5.69 Å². The van der Waals surface area contributed by atoms with E-state index < -0.39 is 15.6 Å². The highest BCUT2D eigenvalue weighted by Gasteiger charge is 2.24. The van der Waals surface area contributed by atoms with Gasteiger partial charge in [0.1, 0.15) is 0 Å². The smallest absolute Gasteiger partial charge is 0.240 e. The van der Waals surface area contributed by atoms with Gasteiger partial charge >= 0.3 is 0 Å². The zero-order valence-corrected chi connectivity index (χ0v) is 13.0. The topological polar surface area (TPSA) is 105 Å². The summed E-state index contributed by atoms with van der Waals surface area (Å²) in [5, 5.41) is 12.4. The van der Waals surface area contributed by atoms with Crippen LogP contribution in [0.5, 0.6) is 0 Å². The predicted molar refractivity (Wildman–Crippen MR) is 78.4 cm³/mol. The highest BCUT2D eigenvalue weighted by atomic mass is 32.2. The maximum Gasteiger partial charge on any atom is 0.240 e. The van der Waals surface area contributed by atoms with Gasteiger partial charge in [-0.15, -0.1) is 0 Å². The van der Waals surface area contributed by atoms with E-state index in [2.05, 4.69) is 10.0 Å². The Morgan fingerprint density at radius 2 is 1.90 bits per heavy atom. The molecule has 1 rings (SSSR count). The Morgan fingerprint density at radius 1 is 1.33 bits per heavy atom. The molecule has 0 aliphatic carbocycles. The molecule has 0 fully saturated rings. The second kappa shape index (κ2) is 6.99. The Bertz CT molecular complexity index is 581. The molecule has 21 heavy (non-hydrogen) atoms. The highest BCUT2D eigenvalue weighted by Crippen LogP contribution is 2.14. The molecule has 3 N–H and O–H groups in total. The minimum Gasteiger partial charge on any atom is -0.386 e. The van der Waals surface area contributed by atoms with Gasteiger partial charge in [0.2, 0.25) is 15.9 Å². The molecule has 118 valence electrons. The lowest BCUT2D eigenvalue weighted by molar-refractivity contribution is -0.114. The maximum atomic E-state index is 12.1. The largest absolute Gasteiger partial charge is 0.386 e. The van der Waals surface area contributed by atoms with Crippen molar-refractivity contribution in [2.45, 2.75) is 24.3 Å². The molecular weight excluding hydrogens is 296 g/mol. The fraction of sp³-hybridized carbons (Fsp3) is 0.462. The van der Waals surface area contributed by atoms with Crippen molar-refractivity contribution in [3.05, 3.63) is 24.3 Å². The minimum absolute atomic E-state index is 0.0109. The van der Waals surface area contributed by atoms with Crippen LogP contribution in [0.25, 0.3) is 0 Å². The fourth-order valence-electron chi connectivity index (χ4n) is 1.62. The molecule has 1 aromatic rings. The van der Waals surface area contributed by atoms with Gasteiger partial charge in [-0.05, 0) is 31.2 Å². The van der Waals surface area contributed by atoms with Gasteiger partial charge in [0.05, 0.1) is 17.1 Å². The normalized spacial score (nSPS) is 14.5. The van der Waals surface area contributed by atoms with Crippen LogP contribution in [-0.2, 0) is 19.6 Å². The first-order chi connectivity index (χ1) is 9.66. The third kappa shape index (κ3) is 5.80. The molecule has 0 aliphatic heterocycles. The molecule has 0 saturated carbocycles. The summed E-state index contributed by atoms with van der Waals surface area (Å²) in [4.78, 5) is 10.9. The van der Waals surface area contributed by atoms with Crippen molar-refractivity contribution in [3.8, 4) is 0 Å². The van der Waals surface area contributed by atoms with Crippen molar-refractivity contribution >= 4 is 21.6 Å². The Kier molecular flexibility index (Phi) is 5.85. The number of hydrogen-bond acceptors (Lipinski definition) is 5. The number of ether oxygens (including phenoxy) is 1. The van der Waals surface area contributed by atoms with Crippen LogP contribution < -0.4 is 10.0 Å². The number of carbonyl (C=O) groups is 1. The van der Waals surface area contributed by atoms with Crippen LogP contribution in [0.15, 0.2) is 29.2 Å². The molecule has 1 unspecified atom stereocenters. The minimum atomic E-state index is -3.74. The summed E-state index contributed by atoms with van der Waals surface area (Å²) < 4.78 is 31.3. The number of carbonyl (C=O) groups excluding carboxylic acids is 1. The van der Waals surface area contributed by atoms with Crippen LogP contribution in [0.1, 0.15) is 13.8 Å². The number of methoxy groups -OCH3 is 1. The van der Waals surface area contributed by atoms with Crippen LogP contribution in [0, 0.1) is 0 Å². The zero-order valence-electron chi connectivity index (χ0n) is 12.2. The number of rotatable bonds is 7. The summed E-state index contributed by atoms with van der Waals surface area (Å²) >= 11 is 0. The molecule has 0 aromatic heterocycles. The molecular formula is C13H20N2O5S. The second-order valence-corrected chi connectivity index (χ2v) is 6.73. The van der Waals surface area contributed by atoms with Gasteiger partial charge in [0.15, 0.2) is 0 Å². The lowest BCUT2D eigenvalue weighted by Crippen LogP contribution is -2.43. The molecule has 1 aromatic carbocycles. The lowest BCUT2D eigenvalue weighted by atomic mass is 10.1. The SMILES string of the molecule is COCC(C)(O)CNS(=O)(=O)c1ccc(NC(C)=O)cc1. The molecule has 0 spiro atoms. The van der Waals surface area contributed by atoms with E-state index >= 15 is 0 Å². The van der Waals surface area contributed by atoms with Crippen molar-refractivity contribution in [3.63, 3.8) is 0 Å². The van der Waals surface area contributed by atoms with Crippen LogP contribution in [0.2, 0.25) is 0 Å². The Morgan fingerprint density at radius 3 is 2.38 bits per heavy atom. The van der Waals surface area contributed by atoms with Crippen LogP contribution in [0.3, 0.4) is 0 Å². The quantitative estimate of drug-likeness (QED) is 0.672. The van der Waals surface area contributed by atoms with E-state index in [9.17, 15) is 18.3 Å². The third-order valence-corrected chi connectivity index (χ3v) is 4.00. The molecule has 0 saturated heterocycles. The first-order valence-corrected chi connectivity index (χ1v) is 7.73. The summed E-state index contributed by atoms with van der Waals surface area (Å²) in [6, 6.07) is 5.73. The Hall–Kier alpha value is -1.48. The van der Waals surface area contributed by atoms with Gasteiger partial charge in [-0.2, -0.15) is 0 Å². The standard InChI is InChI=1S/C13H20N2O5S/c1-10(16)15-11-4-6-12(7-5-11)21(18,19)14-8-13(2,17)9-20-3/h4-7,14,17H,8-9H2,1-3H3,(H,15,16). The first kappa shape index (κ1) is 17.6. The molecule has 0 aliphatic rings. The van der Waals surface area contributed by atoms with E-state index in [0.29, 0.717) is 5.69 Å². The van der Waals surface area contributed by atoms with Crippen molar-refractivity contribution in [1.82, 2.24) is 4.72 Å². The summed E-state index contributed by atoms with van der Waals surface area (Å²) in [6.45, 7) is 2.68. The molecule has 0 radical (unpaired) electrons. The monoisotopic (exact) mass is 316 g/mol. The van der Waals surface area contributed by atoms with Crippen molar-refractivity contribution < 1.29 is 23.1 Å². The fourth-order valence-corrected chi connectivity index (χ4v) is 2.78. The van der Waals surface area contributed by atoms with Crippen molar-refractivity contribution in [2.24, 2.45) is 0 Å². The van der Waals surface area contributed by atoms with Crippen molar-refractivity contribution in [2.75, 3.05) is 25.6 Å². The number of hydrogen-bond donors (Lipinski definition) is 3. The predicted octanol–water partition coefficient (Wildman–Crippen LogP) is 0.321. The van der Waals surface area contributed by atoms with Gasteiger partial charge < -0.3 is 15.2 Å². The average molecular weight is 316 g/mol. The number of amides is 1. The van der Waals surface area contributed by atoms with E-state index in [1.54, 1.807) is 0 Å². The zero-order chi connectivity index (χ0) is 16.1. The number of anilines is 1. The van der Waals surface area contributed by atoms with Crippen LogP contribution in [-0.4, -0.2) is 45.3 Å². The molecule has 1 atom stereocenters. The summed E-state index contributed by atoms with van der Waals surface area (Å²) in [5.41, 5.74) is -0.786. The lowest BCUT2D eigenvalue weighted by Gasteiger charge is -2.22. The molecule has 0 bridgehead atoms. The van der Waals surface area contributed by atoms with E-state index in [1.165, 1.54) is 45.2 Å². The van der Waals surface area contributed by atoms with Gasteiger partial charge in [0, 0.05) is 26.3 Å². The Labute approximate surface area is 124 Å². The third-order valence-electron chi connectivity index (χ3n) is 2.58. The molecule has 1 amide bonds. The van der Waals surface area contributed by atoms with Crippen molar-refractivity contribution in [1.29, 1.82) is 0 Å². The summed E-state index contributed by atoms with van der Waals surface area (Å²) in [6.07, 6.45) is 0. The number of sulfonamides is 1. The van der Waals surface area contributed by atoms with E-state index in [4.69, 9.17) is 4.74 Å². The average Bonchev–Trinajstić information content (AvgIpc) is 2.37. The highest BCUT2D eigenvalue weighted by molar-refractivity contribution is 7.89. The van der Waals surface area contributed by atoms with E-state index in [-0.39, 0.29) is 24.0 Å². The molecule has 7 nitrogen and oxygen atoms in total. The van der Waals surface area contributed by atoms with Gasteiger partial charge in [-0.25, -0.2) is 13.1 Å². The summed E-state index contributed by atoms with van der Waals surface area (Å²) in [5.74, 6) is -0.237. The van der Waals surface area contributed by atoms with Crippen LogP contribution >= 0.6 is 0 Å². The summed E-state index contributed by atoms with van der Waals surface area (Å²) in [7, 11) is -2.31. The Balaban J connectivity index is 2.76. The van der Waals surface area contributed by atoms with E-state index in [1.807, 2.05) is 0 Å². The molecule has 0 heterocycles. The second-order valence-electron chi connectivity index (χ2n) is 4.96. The van der Waals surface area contributed by atoms with Gasteiger partial charge in [0.25, 0.3) is 0 Å². The number of aliphatic hydroxyl groups is 1. The van der Waals surface area contributed by atoms with Gasteiger partial charge in [-0.3, -0.25) is 4.79 Å². The van der Waals surface area contributed by atoms with Gasteiger partial charge in [-0.1, -0.05) is 0 Å². The first-order valence-electron chi connectivity index (χ1n) is 6.25. The maximum absolute atomic E-state index is 12.1.